The van der Waals surface area contributed by atoms with Crippen molar-refractivity contribution < 1.29 is 20.1 Å². The van der Waals surface area contributed by atoms with Gasteiger partial charge in [-0.1, -0.05) is 0 Å². The van der Waals surface area contributed by atoms with E-state index < -0.39 is 12.1 Å². The van der Waals surface area contributed by atoms with E-state index >= 15 is 0 Å². The Hall–Kier alpha value is -1.66. The third-order valence-corrected chi connectivity index (χ3v) is 1.75. The molecule has 0 aromatic carbocycles. The normalized spacial score (nSPS) is 12.1. The molecule has 1 heterocycles. The van der Waals surface area contributed by atoms with Crippen molar-refractivity contribution in [1.29, 1.82) is 0 Å². The summed E-state index contributed by atoms with van der Waals surface area (Å²) in [7, 11) is 0. The zero-order valence-corrected chi connectivity index (χ0v) is 7.92. The van der Waals surface area contributed by atoms with Gasteiger partial charge in [-0.2, -0.15) is 0 Å². The minimum absolute atomic E-state index is 0.0302. The molecule has 0 saturated heterocycles. The van der Waals surface area contributed by atoms with Crippen LogP contribution in [0, 0.1) is 0 Å². The van der Waals surface area contributed by atoms with Crippen LogP contribution in [0.15, 0.2) is 18.3 Å². The second-order valence-corrected chi connectivity index (χ2v) is 2.92. The fourth-order valence-electron chi connectivity index (χ4n) is 0.998. The van der Waals surface area contributed by atoms with Crippen LogP contribution in [-0.2, 0) is 0 Å². The molecule has 1 atom stereocenters. The Morgan fingerprint density at radius 3 is 2.93 bits per heavy atom. The molecule has 0 saturated carbocycles. The summed E-state index contributed by atoms with van der Waals surface area (Å²) < 4.78 is 0. The summed E-state index contributed by atoms with van der Waals surface area (Å²) in [5, 5.41) is 29.1. The molecule has 6 heteroatoms. The fraction of sp³-hybridized carbons (Fsp3) is 0.333. The molecule has 1 rings (SSSR count). The summed E-state index contributed by atoms with van der Waals surface area (Å²) in [6.07, 6.45) is 0.508. The Morgan fingerprint density at radius 1 is 1.60 bits per heavy atom. The maximum atomic E-state index is 10.7. The molecule has 82 valence electrons. The van der Waals surface area contributed by atoms with Crippen molar-refractivity contribution in [3.8, 4) is 0 Å². The number of nitrogens with zero attached hydrogens (tertiary/aromatic N) is 1. The molecule has 1 aromatic rings. The number of nitrogens with one attached hydrogen (secondary N) is 1. The molecule has 1 aromatic heterocycles. The lowest BCUT2D eigenvalue weighted by molar-refractivity contribution is 0.0697. The molecular formula is C9H12N2O4. The van der Waals surface area contributed by atoms with E-state index in [0.717, 1.165) is 0 Å². The predicted molar refractivity (Wildman–Crippen MR) is 52.8 cm³/mol. The molecule has 0 radical (unpaired) electrons. The average Bonchev–Trinajstić information content (AvgIpc) is 2.26. The number of anilines is 1. The van der Waals surface area contributed by atoms with Gasteiger partial charge in [-0.3, -0.25) is 0 Å². The number of hydrogen-bond donors (Lipinski definition) is 4. The summed E-state index contributed by atoms with van der Waals surface area (Å²) in [6.45, 7) is -0.337. The van der Waals surface area contributed by atoms with Gasteiger partial charge in [0.1, 0.15) is 11.4 Å². The zero-order chi connectivity index (χ0) is 11.3. The number of hydrogen-bond acceptors (Lipinski definition) is 5. The van der Waals surface area contributed by atoms with Gasteiger partial charge in [0.25, 0.3) is 0 Å². The smallest absolute Gasteiger partial charge is 0.339 e. The third kappa shape index (κ3) is 3.19. The number of carboxylic acid groups (broad SMARTS) is 1. The Balaban J connectivity index is 2.72. The van der Waals surface area contributed by atoms with Crippen molar-refractivity contribution in [1.82, 2.24) is 4.98 Å². The number of aliphatic hydroxyl groups is 2. The minimum atomic E-state index is -1.09. The lowest BCUT2D eigenvalue weighted by Gasteiger charge is -2.10. The van der Waals surface area contributed by atoms with Gasteiger partial charge in [0, 0.05) is 12.7 Å². The number of rotatable bonds is 5. The second-order valence-electron chi connectivity index (χ2n) is 2.92. The fourth-order valence-corrected chi connectivity index (χ4v) is 0.998. The molecule has 4 N–H and O–H groups in total. The summed E-state index contributed by atoms with van der Waals surface area (Å²) >= 11 is 0. The summed E-state index contributed by atoms with van der Waals surface area (Å²) in [5.41, 5.74) is 0.0302. The zero-order valence-electron chi connectivity index (χ0n) is 7.92. The number of pyridine rings is 1. The van der Waals surface area contributed by atoms with E-state index in [2.05, 4.69) is 10.3 Å². The van der Waals surface area contributed by atoms with Crippen LogP contribution >= 0.6 is 0 Å². The van der Waals surface area contributed by atoms with Gasteiger partial charge < -0.3 is 20.6 Å². The van der Waals surface area contributed by atoms with Crippen LogP contribution in [-0.4, -0.2) is 45.5 Å². The first-order valence-electron chi connectivity index (χ1n) is 4.36. The van der Waals surface area contributed by atoms with E-state index in [1.165, 1.54) is 18.3 Å². The van der Waals surface area contributed by atoms with Crippen LogP contribution in [0.1, 0.15) is 10.4 Å². The monoisotopic (exact) mass is 212 g/mol. The third-order valence-electron chi connectivity index (χ3n) is 1.75. The maximum absolute atomic E-state index is 10.7. The molecule has 0 aliphatic rings. The van der Waals surface area contributed by atoms with Gasteiger partial charge in [0.15, 0.2) is 0 Å². The molecule has 0 amide bonds. The van der Waals surface area contributed by atoms with E-state index in [4.69, 9.17) is 15.3 Å². The number of aromatic carboxylic acids is 1. The predicted octanol–water partition coefficient (Wildman–Crippen LogP) is -0.455. The average molecular weight is 212 g/mol. The topological polar surface area (TPSA) is 103 Å². The molecule has 6 nitrogen and oxygen atoms in total. The van der Waals surface area contributed by atoms with Crippen LogP contribution in [0.4, 0.5) is 5.82 Å². The Kier molecular flexibility index (Phi) is 4.02. The van der Waals surface area contributed by atoms with Crippen LogP contribution in [0.25, 0.3) is 0 Å². The molecular weight excluding hydrogens is 200 g/mol. The van der Waals surface area contributed by atoms with E-state index in [0.29, 0.717) is 0 Å². The highest BCUT2D eigenvalue weighted by atomic mass is 16.4. The molecule has 0 bridgehead atoms. The summed E-state index contributed by atoms with van der Waals surface area (Å²) in [6, 6.07) is 2.92. The lowest BCUT2D eigenvalue weighted by Crippen LogP contribution is -2.24. The van der Waals surface area contributed by atoms with Crippen molar-refractivity contribution in [3.63, 3.8) is 0 Å². The van der Waals surface area contributed by atoms with Gasteiger partial charge in [-0.25, -0.2) is 9.78 Å². The largest absolute Gasteiger partial charge is 0.478 e. The molecule has 0 aliphatic carbocycles. The SMILES string of the molecule is O=C(O)c1cccnc1NCC(O)CO. The van der Waals surface area contributed by atoms with Crippen LogP contribution in [0.2, 0.25) is 0 Å². The van der Waals surface area contributed by atoms with Gasteiger partial charge in [-0.15, -0.1) is 0 Å². The first-order valence-corrected chi connectivity index (χ1v) is 4.36. The number of carboxylic acids is 1. The van der Waals surface area contributed by atoms with Gasteiger partial charge >= 0.3 is 5.97 Å². The number of aliphatic hydroxyl groups excluding tert-OH is 2. The van der Waals surface area contributed by atoms with Crippen molar-refractivity contribution in [2.75, 3.05) is 18.5 Å². The molecule has 0 aliphatic heterocycles. The highest BCUT2D eigenvalue weighted by Gasteiger charge is 2.11. The van der Waals surface area contributed by atoms with E-state index in [1.54, 1.807) is 0 Å². The molecule has 15 heavy (non-hydrogen) atoms. The second kappa shape index (κ2) is 5.28. The molecule has 1 unspecified atom stereocenters. The number of carbonyl (C=O) groups is 1. The van der Waals surface area contributed by atoms with Gasteiger partial charge in [0.2, 0.25) is 0 Å². The van der Waals surface area contributed by atoms with Crippen LogP contribution < -0.4 is 5.32 Å². The Bertz CT molecular complexity index is 343. The Labute approximate surface area is 86.2 Å². The minimum Gasteiger partial charge on any atom is -0.478 e. The van der Waals surface area contributed by atoms with E-state index in [9.17, 15) is 4.79 Å². The summed E-state index contributed by atoms with van der Waals surface area (Å²) in [4.78, 5) is 14.6. The van der Waals surface area contributed by atoms with Crippen LogP contribution in [0.3, 0.4) is 0 Å². The first-order chi connectivity index (χ1) is 7.15. The quantitative estimate of drug-likeness (QED) is 0.527. The number of aromatic nitrogens is 1. The van der Waals surface area contributed by atoms with Crippen molar-refractivity contribution in [2.45, 2.75) is 6.10 Å². The van der Waals surface area contributed by atoms with E-state index in [1.807, 2.05) is 0 Å². The lowest BCUT2D eigenvalue weighted by atomic mass is 10.2. The van der Waals surface area contributed by atoms with Crippen molar-refractivity contribution >= 4 is 11.8 Å². The highest BCUT2D eigenvalue weighted by molar-refractivity contribution is 5.92. The van der Waals surface area contributed by atoms with Gasteiger partial charge in [0.05, 0.1) is 12.7 Å². The first kappa shape index (κ1) is 11.4. The van der Waals surface area contributed by atoms with Crippen molar-refractivity contribution in [2.24, 2.45) is 0 Å². The van der Waals surface area contributed by atoms with Gasteiger partial charge in [-0.05, 0) is 12.1 Å². The maximum Gasteiger partial charge on any atom is 0.339 e. The van der Waals surface area contributed by atoms with E-state index in [-0.39, 0.29) is 24.5 Å². The van der Waals surface area contributed by atoms with Crippen molar-refractivity contribution in [3.05, 3.63) is 23.9 Å². The molecule has 0 spiro atoms. The summed E-state index contributed by atoms with van der Waals surface area (Å²) in [5.74, 6) is -0.915. The molecule has 0 fully saturated rings. The standard InChI is InChI=1S/C9H12N2O4/c12-5-6(13)4-11-8-7(9(14)15)2-1-3-10-8/h1-3,6,12-13H,4-5H2,(H,10,11)(H,14,15). The highest BCUT2D eigenvalue weighted by Crippen LogP contribution is 2.10. The van der Waals surface area contributed by atoms with Crippen LogP contribution in [0.5, 0.6) is 0 Å². The Morgan fingerprint density at radius 2 is 2.33 bits per heavy atom.